The molecular formula is C22H12ClF3N4O. The number of alkyl halides is 3. The van der Waals surface area contributed by atoms with Gasteiger partial charge in [0.25, 0.3) is 0 Å². The van der Waals surface area contributed by atoms with E-state index in [-0.39, 0.29) is 5.75 Å². The van der Waals surface area contributed by atoms with Crippen LogP contribution in [0.5, 0.6) is 5.75 Å². The summed E-state index contributed by atoms with van der Waals surface area (Å²) in [5.74, 6) is 0.193. The van der Waals surface area contributed by atoms with Crippen molar-refractivity contribution in [2.24, 2.45) is 0 Å². The molecule has 9 heteroatoms. The summed E-state index contributed by atoms with van der Waals surface area (Å²) in [4.78, 5) is 13.9. The molecular weight excluding hydrogens is 429 g/mol. The van der Waals surface area contributed by atoms with Crippen molar-refractivity contribution >= 4 is 33.9 Å². The number of halogens is 4. The van der Waals surface area contributed by atoms with Gasteiger partial charge in [-0.15, -0.1) is 13.2 Å². The van der Waals surface area contributed by atoms with Crippen molar-refractivity contribution in [3.8, 4) is 22.8 Å². The normalized spacial score (nSPS) is 11.9. The minimum Gasteiger partial charge on any atom is -0.406 e. The standard InChI is InChI=1S/C22H12ClF3N4O/c23-14-5-3-4-13(12-14)20-29-19-21(28-18-7-2-1-6-17(18)27-19)30(20)15-8-10-16(11-9-15)31-22(24,25)26/h1-12H. The smallest absolute Gasteiger partial charge is 0.406 e. The van der Waals surface area contributed by atoms with Gasteiger partial charge >= 0.3 is 6.36 Å². The lowest BCUT2D eigenvalue weighted by Gasteiger charge is -2.12. The van der Waals surface area contributed by atoms with Gasteiger partial charge in [0, 0.05) is 16.3 Å². The highest BCUT2D eigenvalue weighted by Crippen LogP contribution is 2.31. The van der Waals surface area contributed by atoms with Crippen LogP contribution >= 0.6 is 11.6 Å². The van der Waals surface area contributed by atoms with Gasteiger partial charge in [-0.25, -0.2) is 15.0 Å². The molecule has 0 radical (unpaired) electrons. The van der Waals surface area contributed by atoms with Crippen molar-refractivity contribution in [3.63, 3.8) is 0 Å². The lowest BCUT2D eigenvalue weighted by molar-refractivity contribution is -0.274. The fourth-order valence-corrected chi connectivity index (χ4v) is 3.51. The number of fused-ring (bicyclic) bond motifs is 2. The van der Waals surface area contributed by atoms with Gasteiger partial charge in [0.2, 0.25) is 0 Å². The van der Waals surface area contributed by atoms with Crippen LogP contribution in [0.1, 0.15) is 0 Å². The van der Waals surface area contributed by atoms with Gasteiger partial charge in [-0.05, 0) is 48.5 Å². The van der Waals surface area contributed by atoms with Crippen LogP contribution in [0.3, 0.4) is 0 Å². The van der Waals surface area contributed by atoms with Gasteiger partial charge in [-0.2, -0.15) is 0 Å². The Morgan fingerprint density at radius 1 is 0.806 bits per heavy atom. The first-order valence-electron chi connectivity index (χ1n) is 9.15. The minimum atomic E-state index is -4.76. The molecule has 2 heterocycles. The van der Waals surface area contributed by atoms with E-state index < -0.39 is 6.36 Å². The Balaban J connectivity index is 1.74. The first-order chi connectivity index (χ1) is 14.9. The van der Waals surface area contributed by atoms with E-state index in [0.717, 1.165) is 0 Å². The van der Waals surface area contributed by atoms with Gasteiger partial charge < -0.3 is 4.74 Å². The number of imidazole rings is 1. The minimum absolute atomic E-state index is 0.318. The van der Waals surface area contributed by atoms with E-state index in [4.69, 9.17) is 16.6 Å². The maximum atomic E-state index is 12.5. The molecule has 0 saturated heterocycles. The average molecular weight is 441 g/mol. The average Bonchev–Trinajstić information content (AvgIpc) is 3.10. The molecule has 0 amide bonds. The number of nitrogens with zero attached hydrogens (tertiary/aromatic N) is 4. The third-order valence-electron chi connectivity index (χ3n) is 4.58. The predicted molar refractivity (Wildman–Crippen MR) is 111 cm³/mol. The summed E-state index contributed by atoms with van der Waals surface area (Å²) in [5, 5.41) is 0.524. The van der Waals surface area contributed by atoms with Crippen LogP contribution in [-0.4, -0.2) is 25.9 Å². The topological polar surface area (TPSA) is 52.8 Å². The molecule has 0 unspecified atom stereocenters. The van der Waals surface area contributed by atoms with Crippen molar-refractivity contribution in [2.75, 3.05) is 0 Å². The second kappa shape index (κ2) is 7.24. The van der Waals surface area contributed by atoms with E-state index in [9.17, 15) is 13.2 Å². The van der Waals surface area contributed by atoms with E-state index in [1.54, 1.807) is 22.8 Å². The van der Waals surface area contributed by atoms with Crippen LogP contribution < -0.4 is 4.74 Å². The zero-order valence-electron chi connectivity index (χ0n) is 15.6. The van der Waals surface area contributed by atoms with Crippen molar-refractivity contribution in [1.82, 2.24) is 19.5 Å². The molecule has 0 aliphatic carbocycles. The van der Waals surface area contributed by atoms with Crippen LogP contribution in [0.25, 0.3) is 39.4 Å². The largest absolute Gasteiger partial charge is 0.573 e. The molecule has 0 saturated carbocycles. The van der Waals surface area contributed by atoms with E-state index in [1.165, 1.54) is 24.3 Å². The maximum absolute atomic E-state index is 12.5. The lowest BCUT2D eigenvalue weighted by atomic mass is 10.2. The number of rotatable bonds is 3. The summed E-state index contributed by atoms with van der Waals surface area (Å²) in [6, 6.07) is 20.0. The summed E-state index contributed by atoms with van der Waals surface area (Å²) in [6.45, 7) is 0. The Morgan fingerprint density at radius 3 is 2.19 bits per heavy atom. The second-order valence-electron chi connectivity index (χ2n) is 6.68. The highest BCUT2D eigenvalue weighted by atomic mass is 35.5. The number of benzene rings is 3. The fourth-order valence-electron chi connectivity index (χ4n) is 3.32. The molecule has 5 nitrogen and oxygen atoms in total. The number of para-hydroxylation sites is 2. The van der Waals surface area contributed by atoms with E-state index >= 15 is 0 Å². The van der Waals surface area contributed by atoms with Crippen molar-refractivity contribution in [1.29, 1.82) is 0 Å². The summed E-state index contributed by atoms with van der Waals surface area (Å²) >= 11 is 6.17. The Labute approximate surface area is 178 Å². The molecule has 2 aromatic heterocycles. The molecule has 154 valence electrons. The summed E-state index contributed by atoms with van der Waals surface area (Å²) in [5.41, 5.74) is 3.50. The summed E-state index contributed by atoms with van der Waals surface area (Å²) < 4.78 is 43.3. The Kier molecular flexibility index (Phi) is 4.51. The van der Waals surface area contributed by atoms with Gasteiger partial charge in [-0.3, -0.25) is 4.57 Å². The molecule has 31 heavy (non-hydrogen) atoms. The molecule has 0 fully saturated rings. The monoisotopic (exact) mass is 440 g/mol. The summed E-state index contributed by atoms with van der Waals surface area (Å²) in [6.07, 6.45) is -4.76. The Bertz CT molecular complexity index is 1410. The lowest BCUT2D eigenvalue weighted by Crippen LogP contribution is -2.17. The maximum Gasteiger partial charge on any atom is 0.573 e. The third kappa shape index (κ3) is 3.77. The van der Waals surface area contributed by atoms with E-state index in [0.29, 0.717) is 44.4 Å². The van der Waals surface area contributed by atoms with Crippen LogP contribution in [-0.2, 0) is 0 Å². The highest BCUT2D eigenvalue weighted by molar-refractivity contribution is 6.30. The molecule has 0 bridgehead atoms. The van der Waals surface area contributed by atoms with Crippen LogP contribution in [0.4, 0.5) is 13.2 Å². The predicted octanol–water partition coefficient (Wildman–Crippen LogP) is 6.19. The fraction of sp³-hybridized carbons (Fsp3) is 0.0455. The number of aromatic nitrogens is 4. The van der Waals surface area contributed by atoms with Gasteiger partial charge in [-0.1, -0.05) is 35.9 Å². The quantitative estimate of drug-likeness (QED) is 0.336. The van der Waals surface area contributed by atoms with Crippen molar-refractivity contribution in [2.45, 2.75) is 6.36 Å². The van der Waals surface area contributed by atoms with E-state index in [2.05, 4.69) is 14.7 Å². The zero-order valence-corrected chi connectivity index (χ0v) is 16.4. The molecule has 0 atom stereocenters. The molecule has 0 spiro atoms. The van der Waals surface area contributed by atoms with Crippen molar-refractivity contribution < 1.29 is 17.9 Å². The molecule has 5 aromatic rings. The first-order valence-corrected chi connectivity index (χ1v) is 9.52. The Morgan fingerprint density at radius 2 is 1.52 bits per heavy atom. The number of hydrogen-bond donors (Lipinski definition) is 0. The Hall–Kier alpha value is -3.65. The molecule has 0 aliphatic heterocycles. The third-order valence-corrected chi connectivity index (χ3v) is 4.82. The van der Waals surface area contributed by atoms with Crippen molar-refractivity contribution in [3.05, 3.63) is 77.8 Å². The molecule has 0 N–H and O–H groups in total. The van der Waals surface area contributed by atoms with E-state index in [1.807, 2.05) is 30.3 Å². The first kappa shape index (κ1) is 19.3. The molecule has 5 rings (SSSR count). The van der Waals surface area contributed by atoms with Gasteiger partial charge in [0.05, 0.1) is 11.0 Å². The number of hydrogen-bond acceptors (Lipinski definition) is 4. The zero-order chi connectivity index (χ0) is 21.6. The molecule has 0 aliphatic rings. The SMILES string of the molecule is FC(F)(F)Oc1ccc(-n2c(-c3cccc(Cl)c3)nc3nc4ccccc4nc32)cc1. The summed E-state index contributed by atoms with van der Waals surface area (Å²) in [7, 11) is 0. The number of ether oxygens (including phenoxy) is 1. The van der Waals surface area contributed by atoms with Crippen LogP contribution in [0, 0.1) is 0 Å². The van der Waals surface area contributed by atoms with Gasteiger partial charge in [0.1, 0.15) is 11.6 Å². The second-order valence-corrected chi connectivity index (χ2v) is 7.12. The van der Waals surface area contributed by atoms with Crippen LogP contribution in [0.2, 0.25) is 5.02 Å². The van der Waals surface area contributed by atoms with Gasteiger partial charge in [0.15, 0.2) is 11.3 Å². The highest BCUT2D eigenvalue weighted by Gasteiger charge is 2.31. The van der Waals surface area contributed by atoms with Crippen LogP contribution in [0.15, 0.2) is 72.8 Å². The molecule has 3 aromatic carbocycles.